The summed E-state index contributed by atoms with van der Waals surface area (Å²) in [6.07, 6.45) is 0.181. The van der Waals surface area contributed by atoms with Gasteiger partial charge in [-0.05, 0) is 42.0 Å². The van der Waals surface area contributed by atoms with Crippen molar-refractivity contribution in [3.63, 3.8) is 0 Å². The third kappa shape index (κ3) is 4.88. The van der Waals surface area contributed by atoms with Crippen molar-refractivity contribution in [2.75, 3.05) is 12.4 Å². The summed E-state index contributed by atoms with van der Waals surface area (Å²) in [5.74, 6) is 1.04. The molecule has 0 atom stereocenters. The molecule has 0 unspecified atom stereocenters. The van der Waals surface area contributed by atoms with Gasteiger partial charge in [0.1, 0.15) is 11.5 Å². The van der Waals surface area contributed by atoms with Crippen molar-refractivity contribution in [2.24, 2.45) is 0 Å². The fourth-order valence-corrected chi connectivity index (χ4v) is 4.08. The zero-order valence-electron chi connectivity index (χ0n) is 14.0. The van der Waals surface area contributed by atoms with Crippen LogP contribution in [0.25, 0.3) is 0 Å². The molecule has 128 valence electrons. The zero-order chi connectivity index (χ0) is 17.5. The number of hydrogen-bond donors (Lipinski definition) is 1. The van der Waals surface area contributed by atoms with Crippen LogP contribution in [0.3, 0.4) is 0 Å². The van der Waals surface area contributed by atoms with Crippen LogP contribution in [-0.4, -0.2) is 7.05 Å². The Bertz CT molecular complexity index is 790. The largest absolute Gasteiger partial charge is 0.435 e. The highest BCUT2D eigenvalue weighted by atomic mass is 31.2. The van der Waals surface area contributed by atoms with E-state index in [-0.39, 0.29) is 6.16 Å². The van der Waals surface area contributed by atoms with E-state index in [4.69, 9.17) is 9.05 Å². The minimum Gasteiger partial charge on any atom is -0.416 e. The lowest BCUT2D eigenvalue weighted by Crippen LogP contribution is -2.04. The lowest BCUT2D eigenvalue weighted by atomic mass is 10.2. The fourth-order valence-electron chi connectivity index (χ4n) is 2.37. The molecule has 3 rings (SSSR count). The zero-order valence-corrected chi connectivity index (χ0v) is 14.9. The summed E-state index contributed by atoms with van der Waals surface area (Å²) in [6, 6.07) is 25.9. The second kappa shape index (κ2) is 7.91. The number of para-hydroxylation sites is 2. The molecule has 0 aliphatic rings. The van der Waals surface area contributed by atoms with E-state index in [1.807, 2.05) is 67.7 Å². The molecule has 3 aromatic rings. The molecule has 0 heterocycles. The maximum Gasteiger partial charge on any atom is 0.435 e. The summed E-state index contributed by atoms with van der Waals surface area (Å²) in [6.45, 7) is 0. The van der Waals surface area contributed by atoms with Crippen molar-refractivity contribution in [2.45, 2.75) is 6.16 Å². The van der Waals surface area contributed by atoms with Crippen LogP contribution in [0.4, 0.5) is 5.69 Å². The molecule has 0 aliphatic heterocycles. The van der Waals surface area contributed by atoms with Crippen molar-refractivity contribution >= 4 is 13.3 Å². The van der Waals surface area contributed by atoms with Crippen LogP contribution in [0.2, 0.25) is 0 Å². The van der Waals surface area contributed by atoms with Crippen molar-refractivity contribution in [3.05, 3.63) is 90.5 Å². The Hall–Kier alpha value is -2.71. The molecule has 0 bridgehead atoms. The van der Waals surface area contributed by atoms with Crippen LogP contribution >= 0.6 is 7.60 Å². The van der Waals surface area contributed by atoms with Crippen LogP contribution in [0.5, 0.6) is 11.5 Å². The average Bonchev–Trinajstić information content (AvgIpc) is 2.64. The smallest absolute Gasteiger partial charge is 0.416 e. The van der Waals surface area contributed by atoms with Gasteiger partial charge >= 0.3 is 7.60 Å². The molecular formula is C20H20NO3P. The summed E-state index contributed by atoms with van der Waals surface area (Å²) >= 11 is 0. The summed E-state index contributed by atoms with van der Waals surface area (Å²) < 4.78 is 25.0. The lowest BCUT2D eigenvalue weighted by molar-refractivity contribution is 0.384. The summed E-state index contributed by atoms with van der Waals surface area (Å²) in [4.78, 5) is 0. The topological polar surface area (TPSA) is 47.6 Å². The van der Waals surface area contributed by atoms with Gasteiger partial charge in [0.15, 0.2) is 0 Å². The Kier molecular flexibility index (Phi) is 5.42. The number of nitrogens with one attached hydrogen (secondary N) is 1. The monoisotopic (exact) mass is 353 g/mol. The van der Waals surface area contributed by atoms with Crippen LogP contribution in [0.15, 0.2) is 84.9 Å². The Morgan fingerprint density at radius 2 is 1.24 bits per heavy atom. The molecule has 0 saturated carbocycles. The molecule has 25 heavy (non-hydrogen) atoms. The van der Waals surface area contributed by atoms with Gasteiger partial charge < -0.3 is 14.4 Å². The molecule has 5 heteroatoms. The highest BCUT2D eigenvalue weighted by molar-refractivity contribution is 7.53. The molecule has 0 amide bonds. The van der Waals surface area contributed by atoms with E-state index in [0.29, 0.717) is 11.5 Å². The van der Waals surface area contributed by atoms with E-state index in [0.717, 1.165) is 11.3 Å². The van der Waals surface area contributed by atoms with Crippen LogP contribution in [0, 0.1) is 0 Å². The maximum atomic E-state index is 13.4. The first-order valence-electron chi connectivity index (χ1n) is 8.02. The van der Waals surface area contributed by atoms with Crippen LogP contribution in [-0.2, 0) is 10.7 Å². The normalized spacial score (nSPS) is 10.9. The van der Waals surface area contributed by atoms with Crippen molar-refractivity contribution in [1.29, 1.82) is 0 Å². The van der Waals surface area contributed by atoms with E-state index in [1.54, 1.807) is 24.3 Å². The van der Waals surface area contributed by atoms with Crippen LogP contribution < -0.4 is 14.4 Å². The number of rotatable bonds is 7. The number of benzene rings is 3. The molecular weight excluding hydrogens is 333 g/mol. The quantitative estimate of drug-likeness (QED) is 0.563. The van der Waals surface area contributed by atoms with E-state index in [2.05, 4.69) is 5.32 Å². The minimum atomic E-state index is -3.43. The Labute approximate surface area is 148 Å². The van der Waals surface area contributed by atoms with Crippen molar-refractivity contribution in [3.8, 4) is 11.5 Å². The molecule has 0 radical (unpaired) electrons. The predicted molar refractivity (Wildman–Crippen MR) is 101 cm³/mol. The second-order valence-corrected chi connectivity index (χ2v) is 7.43. The summed E-state index contributed by atoms with van der Waals surface area (Å²) in [5, 5.41) is 3.07. The molecule has 0 aliphatic carbocycles. The standard InChI is InChI=1S/C20H20NO3P/c1-21-18-14-12-17(13-15-18)16-25(22,23-19-8-4-2-5-9-19)24-20-10-6-3-7-11-20/h2-15,21H,16H2,1H3. The lowest BCUT2D eigenvalue weighted by Gasteiger charge is -2.20. The van der Waals surface area contributed by atoms with Gasteiger partial charge in [-0.15, -0.1) is 0 Å². The maximum absolute atomic E-state index is 13.4. The first kappa shape index (κ1) is 17.1. The van der Waals surface area contributed by atoms with Gasteiger partial charge in [0.05, 0.1) is 6.16 Å². The highest BCUT2D eigenvalue weighted by Crippen LogP contribution is 2.51. The van der Waals surface area contributed by atoms with Gasteiger partial charge in [0.2, 0.25) is 0 Å². The molecule has 0 aromatic heterocycles. The van der Waals surface area contributed by atoms with E-state index < -0.39 is 7.60 Å². The first-order valence-corrected chi connectivity index (χ1v) is 9.75. The van der Waals surface area contributed by atoms with Gasteiger partial charge in [0, 0.05) is 12.7 Å². The molecule has 4 nitrogen and oxygen atoms in total. The van der Waals surface area contributed by atoms with Gasteiger partial charge in [-0.3, -0.25) is 0 Å². The number of anilines is 1. The summed E-state index contributed by atoms with van der Waals surface area (Å²) in [5.41, 5.74) is 1.88. The Balaban J connectivity index is 1.85. The fraction of sp³-hybridized carbons (Fsp3) is 0.100. The van der Waals surface area contributed by atoms with Gasteiger partial charge in [-0.1, -0.05) is 48.5 Å². The van der Waals surface area contributed by atoms with E-state index in [9.17, 15) is 4.57 Å². The highest BCUT2D eigenvalue weighted by Gasteiger charge is 2.28. The van der Waals surface area contributed by atoms with Crippen molar-refractivity contribution < 1.29 is 13.6 Å². The first-order chi connectivity index (χ1) is 12.2. The minimum absolute atomic E-state index is 0.181. The van der Waals surface area contributed by atoms with Gasteiger partial charge in [-0.2, -0.15) is 0 Å². The van der Waals surface area contributed by atoms with E-state index in [1.165, 1.54) is 0 Å². The number of hydrogen-bond acceptors (Lipinski definition) is 4. The molecule has 1 N–H and O–H groups in total. The second-order valence-electron chi connectivity index (χ2n) is 5.52. The third-order valence-corrected chi connectivity index (χ3v) is 5.32. The third-order valence-electron chi connectivity index (χ3n) is 3.59. The predicted octanol–water partition coefficient (Wildman–Crippen LogP) is 5.58. The van der Waals surface area contributed by atoms with Gasteiger partial charge in [-0.25, -0.2) is 4.57 Å². The van der Waals surface area contributed by atoms with Crippen LogP contribution in [0.1, 0.15) is 5.56 Å². The average molecular weight is 353 g/mol. The molecule has 0 fully saturated rings. The molecule has 0 saturated heterocycles. The van der Waals surface area contributed by atoms with E-state index >= 15 is 0 Å². The Morgan fingerprint density at radius 1 is 0.760 bits per heavy atom. The van der Waals surface area contributed by atoms with Crippen molar-refractivity contribution in [1.82, 2.24) is 0 Å². The SMILES string of the molecule is CNc1ccc(CP(=O)(Oc2ccccc2)Oc2ccccc2)cc1. The Morgan fingerprint density at radius 3 is 1.68 bits per heavy atom. The van der Waals surface area contributed by atoms with Gasteiger partial charge in [0.25, 0.3) is 0 Å². The summed E-state index contributed by atoms with van der Waals surface area (Å²) in [7, 11) is -1.57. The molecule has 0 spiro atoms. The molecule has 3 aromatic carbocycles.